The molecule has 0 saturated carbocycles. The normalized spacial score (nSPS) is 12.6. The summed E-state index contributed by atoms with van der Waals surface area (Å²) in [5.41, 5.74) is 9.44. The van der Waals surface area contributed by atoms with Crippen molar-refractivity contribution in [2.75, 3.05) is 13.7 Å². The van der Waals surface area contributed by atoms with E-state index in [0.717, 1.165) is 18.7 Å². The Hall–Kier alpha value is -1.02. The fourth-order valence-corrected chi connectivity index (χ4v) is 1.78. The quantitative estimate of drug-likeness (QED) is 0.824. The topological polar surface area (TPSA) is 35.2 Å². The van der Waals surface area contributed by atoms with Crippen molar-refractivity contribution >= 4 is 0 Å². The fraction of sp³-hybridized carbons (Fsp3) is 0.538. The van der Waals surface area contributed by atoms with E-state index in [9.17, 15) is 0 Å². The summed E-state index contributed by atoms with van der Waals surface area (Å²) in [6, 6.07) is 4.33. The Morgan fingerprint density at radius 1 is 1.27 bits per heavy atom. The van der Waals surface area contributed by atoms with Crippen LogP contribution in [0, 0.1) is 13.8 Å². The number of methoxy groups -OCH3 is 1. The van der Waals surface area contributed by atoms with E-state index >= 15 is 0 Å². The highest BCUT2D eigenvalue weighted by molar-refractivity contribution is 5.43. The van der Waals surface area contributed by atoms with Gasteiger partial charge in [-0.3, -0.25) is 0 Å². The van der Waals surface area contributed by atoms with Gasteiger partial charge in [0.25, 0.3) is 0 Å². The molecule has 1 aromatic carbocycles. The summed E-state index contributed by atoms with van der Waals surface area (Å²) in [4.78, 5) is 0. The number of hydrogen-bond donors (Lipinski definition) is 1. The van der Waals surface area contributed by atoms with Gasteiger partial charge in [0, 0.05) is 0 Å². The van der Waals surface area contributed by atoms with Crippen molar-refractivity contribution in [1.29, 1.82) is 0 Å². The van der Waals surface area contributed by atoms with Crippen LogP contribution in [0.3, 0.4) is 0 Å². The molecular formula is C13H21NO. The first-order valence-corrected chi connectivity index (χ1v) is 5.45. The van der Waals surface area contributed by atoms with Crippen molar-refractivity contribution in [2.24, 2.45) is 5.73 Å². The molecule has 0 bridgehead atoms. The zero-order valence-electron chi connectivity index (χ0n) is 10.1. The minimum Gasteiger partial charge on any atom is -0.496 e. The highest BCUT2D eigenvalue weighted by atomic mass is 16.5. The van der Waals surface area contributed by atoms with Crippen molar-refractivity contribution in [2.45, 2.75) is 33.1 Å². The van der Waals surface area contributed by atoms with Gasteiger partial charge in [-0.1, -0.05) is 13.0 Å². The average molecular weight is 207 g/mol. The molecule has 0 aliphatic rings. The van der Waals surface area contributed by atoms with E-state index in [1.165, 1.54) is 16.7 Å². The van der Waals surface area contributed by atoms with E-state index in [1.807, 2.05) is 0 Å². The van der Waals surface area contributed by atoms with E-state index in [1.54, 1.807) is 7.11 Å². The van der Waals surface area contributed by atoms with Crippen LogP contribution in [0.5, 0.6) is 5.75 Å². The Kier molecular flexibility index (Phi) is 4.15. The van der Waals surface area contributed by atoms with Crippen molar-refractivity contribution in [1.82, 2.24) is 0 Å². The standard InChI is InChI=1S/C13H21NO/c1-9(5-6-14)12-7-10(2)11(3)8-13(12)15-4/h7-9H,5-6,14H2,1-4H3. The molecule has 1 rings (SSSR count). The molecule has 0 heterocycles. The van der Waals surface area contributed by atoms with Gasteiger partial charge in [0.1, 0.15) is 5.75 Å². The number of rotatable bonds is 4. The Morgan fingerprint density at radius 3 is 2.40 bits per heavy atom. The smallest absolute Gasteiger partial charge is 0.122 e. The van der Waals surface area contributed by atoms with Crippen LogP contribution in [-0.4, -0.2) is 13.7 Å². The van der Waals surface area contributed by atoms with E-state index in [4.69, 9.17) is 10.5 Å². The van der Waals surface area contributed by atoms with Gasteiger partial charge >= 0.3 is 0 Å². The van der Waals surface area contributed by atoms with E-state index < -0.39 is 0 Å². The second-order valence-corrected chi connectivity index (χ2v) is 4.16. The number of benzene rings is 1. The van der Waals surface area contributed by atoms with Gasteiger partial charge in [0.15, 0.2) is 0 Å². The minimum atomic E-state index is 0.462. The Labute approximate surface area is 92.4 Å². The van der Waals surface area contributed by atoms with Crippen LogP contribution >= 0.6 is 0 Å². The fourth-order valence-electron chi connectivity index (χ4n) is 1.78. The zero-order chi connectivity index (χ0) is 11.4. The molecule has 2 nitrogen and oxygen atoms in total. The summed E-state index contributed by atoms with van der Waals surface area (Å²) < 4.78 is 5.41. The third-order valence-corrected chi connectivity index (χ3v) is 2.98. The van der Waals surface area contributed by atoms with Gasteiger partial charge in [0.05, 0.1) is 7.11 Å². The van der Waals surface area contributed by atoms with Crippen molar-refractivity contribution in [3.63, 3.8) is 0 Å². The molecule has 0 aromatic heterocycles. The summed E-state index contributed by atoms with van der Waals surface area (Å²) in [5.74, 6) is 1.45. The van der Waals surface area contributed by atoms with Crippen molar-refractivity contribution < 1.29 is 4.74 Å². The molecule has 0 spiro atoms. The third kappa shape index (κ3) is 2.72. The number of hydrogen-bond acceptors (Lipinski definition) is 2. The van der Waals surface area contributed by atoms with Crippen LogP contribution < -0.4 is 10.5 Å². The third-order valence-electron chi connectivity index (χ3n) is 2.98. The lowest BCUT2D eigenvalue weighted by Crippen LogP contribution is -2.06. The van der Waals surface area contributed by atoms with Gasteiger partial charge in [-0.2, -0.15) is 0 Å². The first-order valence-electron chi connectivity index (χ1n) is 5.45. The Morgan fingerprint density at radius 2 is 1.87 bits per heavy atom. The van der Waals surface area contributed by atoms with E-state index in [-0.39, 0.29) is 0 Å². The van der Waals surface area contributed by atoms with Crippen LogP contribution in [0.2, 0.25) is 0 Å². The molecule has 1 atom stereocenters. The largest absolute Gasteiger partial charge is 0.496 e. The molecule has 1 aromatic rings. The first kappa shape index (κ1) is 12.1. The van der Waals surface area contributed by atoms with Crippen molar-refractivity contribution in [3.8, 4) is 5.75 Å². The van der Waals surface area contributed by atoms with Gasteiger partial charge < -0.3 is 10.5 Å². The maximum Gasteiger partial charge on any atom is 0.122 e. The minimum absolute atomic E-state index is 0.462. The SMILES string of the molecule is COc1cc(C)c(C)cc1C(C)CCN. The molecule has 1 unspecified atom stereocenters. The Bertz CT molecular complexity index is 334. The molecule has 2 heteroatoms. The van der Waals surface area contributed by atoms with Gasteiger partial charge in [0.2, 0.25) is 0 Å². The van der Waals surface area contributed by atoms with Gasteiger partial charge in [-0.15, -0.1) is 0 Å². The van der Waals surface area contributed by atoms with Crippen molar-refractivity contribution in [3.05, 3.63) is 28.8 Å². The molecule has 0 fully saturated rings. The predicted molar refractivity (Wildman–Crippen MR) is 64.6 cm³/mol. The summed E-state index contributed by atoms with van der Waals surface area (Å²) in [5, 5.41) is 0. The molecule has 0 aliphatic heterocycles. The lowest BCUT2D eigenvalue weighted by atomic mass is 9.93. The highest BCUT2D eigenvalue weighted by Crippen LogP contribution is 2.30. The van der Waals surface area contributed by atoms with E-state index in [0.29, 0.717) is 5.92 Å². The molecule has 15 heavy (non-hydrogen) atoms. The average Bonchev–Trinajstić information content (AvgIpc) is 2.21. The van der Waals surface area contributed by atoms with Crippen LogP contribution in [0.4, 0.5) is 0 Å². The summed E-state index contributed by atoms with van der Waals surface area (Å²) >= 11 is 0. The second-order valence-electron chi connectivity index (χ2n) is 4.16. The lowest BCUT2D eigenvalue weighted by Gasteiger charge is -2.17. The van der Waals surface area contributed by atoms with Gasteiger partial charge in [-0.05, 0) is 55.5 Å². The summed E-state index contributed by atoms with van der Waals surface area (Å²) in [6.45, 7) is 7.15. The highest BCUT2D eigenvalue weighted by Gasteiger charge is 2.12. The predicted octanol–water partition coefficient (Wildman–Crippen LogP) is 2.76. The Balaban J connectivity index is 3.09. The van der Waals surface area contributed by atoms with E-state index in [2.05, 4.69) is 32.9 Å². The number of aryl methyl sites for hydroxylation is 2. The van der Waals surface area contributed by atoms with Crippen LogP contribution in [0.15, 0.2) is 12.1 Å². The number of nitrogens with two attached hydrogens (primary N) is 1. The lowest BCUT2D eigenvalue weighted by molar-refractivity contribution is 0.405. The van der Waals surface area contributed by atoms with Gasteiger partial charge in [-0.25, -0.2) is 0 Å². The van der Waals surface area contributed by atoms with Crippen LogP contribution in [0.1, 0.15) is 36.0 Å². The summed E-state index contributed by atoms with van der Waals surface area (Å²) in [7, 11) is 1.72. The molecule has 2 N–H and O–H groups in total. The first-order chi connectivity index (χ1) is 7.10. The molecule has 0 saturated heterocycles. The van der Waals surface area contributed by atoms with Crippen LogP contribution in [0.25, 0.3) is 0 Å². The maximum absolute atomic E-state index is 5.59. The number of ether oxygens (including phenoxy) is 1. The summed E-state index contributed by atoms with van der Waals surface area (Å²) in [6.07, 6.45) is 0.999. The molecule has 0 radical (unpaired) electrons. The molecule has 0 amide bonds. The monoisotopic (exact) mass is 207 g/mol. The maximum atomic E-state index is 5.59. The second kappa shape index (κ2) is 5.17. The molecule has 0 aliphatic carbocycles. The zero-order valence-corrected chi connectivity index (χ0v) is 10.1. The molecule has 84 valence electrons. The van der Waals surface area contributed by atoms with Crippen LogP contribution in [-0.2, 0) is 0 Å². The molecular weight excluding hydrogens is 186 g/mol.